The molecule has 1 N–H and O–H groups in total. The summed E-state index contributed by atoms with van der Waals surface area (Å²) in [5, 5.41) is 4.74. The number of hydrogen-bond donors (Lipinski definition) is 1. The molecule has 17 heavy (non-hydrogen) atoms. The van der Waals surface area contributed by atoms with E-state index >= 15 is 0 Å². The summed E-state index contributed by atoms with van der Waals surface area (Å²) in [5.41, 5.74) is 0. The monoisotopic (exact) mass is 291 g/mol. The molecule has 0 amide bonds. The van der Waals surface area contributed by atoms with Gasteiger partial charge >= 0.3 is 0 Å². The fourth-order valence-corrected chi connectivity index (χ4v) is 2.76. The summed E-state index contributed by atoms with van der Waals surface area (Å²) in [6, 6.07) is 6.38. The van der Waals surface area contributed by atoms with Crippen LogP contribution in [-0.2, 0) is 0 Å². The minimum atomic E-state index is 0.606. The Morgan fingerprint density at radius 1 is 1.29 bits per heavy atom. The van der Waals surface area contributed by atoms with Crippen molar-refractivity contribution in [2.24, 2.45) is 0 Å². The molecule has 1 aromatic carbocycles. The Labute approximate surface area is 118 Å². The number of nitrogens with one attached hydrogen (secondary N) is 1. The van der Waals surface area contributed by atoms with Crippen LogP contribution in [0, 0.1) is 0 Å². The van der Waals surface area contributed by atoms with Crippen molar-refractivity contribution < 1.29 is 0 Å². The van der Waals surface area contributed by atoms with Crippen LogP contribution >= 0.6 is 35.0 Å². The summed E-state index contributed by atoms with van der Waals surface area (Å²) in [5.74, 6) is 1.05. The number of rotatable bonds is 7. The average Bonchev–Trinajstić information content (AvgIpc) is 2.29. The third kappa shape index (κ3) is 6.01. The first kappa shape index (κ1) is 15.2. The lowest BCUT2D eigenvalue weighted by atomic mass is 10.2. The second kappa shape index (κ2) is 8.25. The Kier molecular flexibility index (Phi) is 7.36. The SMILES string of the molecule is CCCC(C)NCCSc1ccc(Cl)c(Cl)c1. The van der Waals surface area contributed by atoms with E-state index in [4.69, 9.17) is 23.2 Å². The molecule has 0 aliphatic heterocycles. The van der Waals surface area contributed by atoms with E-state index in [2.05, 4.69) is 19.2 Å². The van der Waals surface area contributed by atoms with E-state index in [9.17, 15) is 0 Å². The third-order valence-electron chi connectivity index (χ3n) is 2.48. The van der Waals surface area contributed by atoms with E-state index in [1.165, 1.54) is 17.7 Å². The highest BCUT2D eigenvalue weighted by atomic mass is 35.5. The van der Waals surface area contributed by atoms with Crippen LogP contribution < -0.4 is 5.32 Å². The molecular formula is C13H19Cl2NS. The molecule has 0 heterocycles. The molecule has 1 aromatic rings. The van der Waals surface area contributed by atoms with Crippen LogP contribution in [0.4, 0.5) is 0 Å². The maximum absolute atomic E-state index is 5.96. The van der Waals surface area contributed by atoms with Crippen molar-refractivity contribution in [2.45, 2.75) is 37.6 Å². The normalized spacial score (nSPS) is 12.7. The maximum Gasteiger partial charge on any atom is 0.0603 e. The van der Waals surface area contributed by atoms with Gasteiger partial charge in [0.2, 0.25) is 0 Å². The van der Waals surface area contributed by atoms with Gasteiger partial charge in [-0.2, -0.15) is 0 Å². The second-order valence-electron chi connectivity index (χ2n) is 4.07. The van der Waals surface area contributed by atoms with Crippen LogP contribution in [0.5, 0.6) is 0 Å². The van der Waals surface area contributed by atoms with Crippen LogP contribution in [-0.4, -0.2) is 18.3 Å². The van der Waals surface area contributed by atoms with Crippen LogP contribution in [0.25, 0.3) is 0 Å². The predicted molar refractivity (Wildman–Crippen MR) is 79.6 cm³/mol. The smallest absolute Gasteiger partial charge is 0.0603 e. The summed E-state index contributed by atoms with van der Waals surface area (Å²) in [7, 11) is 0. The molecule has 4 heteroatoms. The second-order valence-corrected chi connectivity index (χ2v) is 6.05. The van der Waals surface area contributed by atoms with Crippen LogP contribution in [0.1, 0.15) is 26.7 Å². The van der Waals surface area contributed by atoms with Gasteiger partial charge in [0.15, 0.2) is 0 Å². The first-order valence-corrected chi connectivity index (χ1v) is 7.69. The molecule has 0 aliphatic rings. The maximum atomic E-state index is 5.96. The zero-order valence-corrected chi connectivity index (χ0v) is 12.6. The van der Waals surface area contributed by atoms with Gasteiger partial charge in [-0.3, -0.25) is 0 Å². The minimum Gasteiger partial charge on any atom is -0.313 e. The van der Waals surface area contributed by atoms with Crippen molar-refractivity contribution in [1.82, 2.24) is 5.32 Å². The summed E-state index contributed by atoms with van der Waals surface area (Å²) in [6.07, 6.45) is 2.46. The van der Waals surface area contributed by atoms with Crippen molar-refractivity contribution in [3.63, 3.8) is 0 Å². The third-order valence-corrected chi connectivity index (χ3v) is 4.21. The Balaban J connectivity index is 2.24. The van der Waals surface area contributed by atoms with Crippen LogP contribution in [0.3, 0.4) is 0 Å². The van der Waals surface area contributed by atoms with E-state index in [0.29, 0.717) is 16.1 Å². The highest BCUT2D eigenvalue weighted by molar-refractivity contribution is 7.99. The largest absolute Gasteiger partial charge is 0.313 e. The first-order chi connectivity index (χ1) is 8.13. The van der Waals surface area contributed by atoms with Gasteiger partial charge in [-0.15, -0.1) is 11.8 Å². The summed E-state index contributed by atoms with van der Waals surface area (Å²) < 4.78 is 0. The molecular weight excluding hydrogens is 273 g/mol. The molecule has 96 valence electrons. The van der Waals surface area contributed by atoms with E-state index in [0.717, 1.165) is 12.3 Å². The van der Waals surface area contributed by atoms with E-state index in [1.807, 2.05) is 18.2 Å². The fraction of sp³-hybridized carbons (Fsp3) is 0.538. The fourth-order valence-electron chi connectivity index (χ4n) is 1.58. The van der Waals surface area contributed by atoms with Gasteiger partial charge in [-0.1, -0.05) is 36.5 Å². The molecule has 0 fully saturated rings. The molecule has 0 aromatic heterocycles. The first-order valence-electron chi connectivity index (χ1n) is 5.94. The van der Waals surface area contributed by atoms with Gasteiger partial charge in [0, 0.05) is 23.2 Å². The highest BCUT2D eigenvalue weighted by Crippen LogP contribution is 2.27. The molecule has 1 rings (SSSR count). The molecule has 1 atom stereocenters. The molecule has 0 spiro atoms. The lowest BCUT2D eigenvalue weighted by Gasteiger charge is -2.12. The van der Waals surface area contributed by atoms with Gasteiger partial charge < -0.3 is 5.32 Å². The minimum absolute atomic E-state index is 0.606. The standard InChI is InChI=1S/C13H19Cl2NS/c1-3-4-10(2)16-7-8-17-11-5-6-12(14)13(15)9-11/h5-6,9-10,16H,3-4,7-8H2,1-2H3. The van der Waals surface area contributed by atoms with Gasteiger partial charge in [0.05, 0.1) is 10.0 Å². The summed E-state index contributed by atoms with van der Waals surface area (Å²) in [6.45, 7) is 5.46. The average molecular weight is 292 g/mol. The van der Waals surface area contributed by atoms with Crippen molar-refractivity contribution >= 4 is 35.0 Å². The topological polar surface area (TPSA) is 12.0 Å². The number of hydrogen-bond acceptors (Lipinski definition) is 2. The molecule has 1 unspecified atom stereocenters. The van der Waals surface area contributed by atoms with Gasteiger partial charge in [-0.05, 0) is 31.5 Å². The Morgan fingerprint density at radius 2 is 2.06 bits per heavy atom. The lowest BCUT2D eigenvalue weighted by molar-refractivity contribution is 0.526. The predicted octanol–water partition coefficient (Wildman–Crippen LogP) is 4.86. The molecule has 0 bridgehead atoms. The zero-order chi connectivity index (χ0) is 12.7. The van der Waals surface area contributed by atoms with E-state index in [1.54, 1.807) is 11.8 Å². The quantitative estimate of drug-likeness (QED) is 0.568. The highest BCUT2D eigenvalue weighted by Gasteiger charge is 2.01. The van der Waals surface area contributed by atoms with Gasteiger partial charge in [0.25, 0.3) is 0 Å². The Morgan fingerprint density at radius 3 is 2.71 bits per heavy atom. The lowest BCUT2D eigenvalue weighted by Crippen LogP contribution is -2.27. The molecule has 0 saturated carbocycles. The van der Waals surface area contributed by atoms with Crippen LogP contribution in [0.15, 0.2) is 23.1 Å². The van der Waals surface area contributed by atoms with Crippen molar-refractivity contribution in [3.05, 3.63) is 28.2 Å². The van der Waals surface area contributed by atoms with E-state index in [-0.39, 0.29) is 0 Å². The Hall–Kier alpha value is 0.110. The molecule has 0 radical (unpaired) electrons. The van der Waals surface area contributed by atoms with Crippen molar-refractivity contribution in [1.29, 1.82) is 0 Å². The molecule has 1 nitrogen and oxygen atoms in total. The molecule has 0 aliphatic carbocycles. The van der Waals surface area contributed by atoms with Crippen molar-refractivity contribution in [2.75, 3.05) is 12.3 Å². The summed E-state index contributed by atoms with van der Waals surface area (Å²) >= 11 is 13.6. The van der Waals surface area contributed by atoms with Crippen LogP contribution in [0.2, 0.25) is 10.0 Å². The molecule has 0 saturated heterocycles. The zero-order valence-electron chi connectivity index (χ0n) is 10.3. The number of thioether (sulfide) groups is 1. The number of benzene rings is 1. The number of halogens is 2. The van der Waals surface area contributed by atoms with Crippen molar-refractivity contribution in [3.8, 4) is 0 Å². The summed E-state index contributed by atoms with van der Waals surface area (Å²) in [4.78, 5) is 1.17. The Bertz CT molecular complexity index is 344. The van der Waals surface area contributed by atoms with Gasteiger partial charge in [-0.25, -0.2) is 0 Å². The van der Waals surface area contributed by atoms with E-state index < -0.39 is 0 Å². The van der Waals surface area contributed by atoms with Gasteiger partial charge in [0.1, 0.15) is 0 Å².